The van der Waals surface area contributed by atoms with Crippen LogP contribution >= 0.6 is 11.6 Å². The average molecular weight is 253 g/mol. The van der Waals surface area contributed by atoms with Crippen molar-refractivity contribution >= 4 is 17.4 Å². The van der Waals surface area contributed by atoms with Gasteiger partial charge in [-0.05, 0) is 0 Å². The zero-order chi connectivity index (χ0) is 12.3. The minimum absolute atomic E-state index is 0.236. The van der Waals surface area contributed by atoms with Gasteiger partial charge in [0.15, 0.2) is 5.76 Å². The van der Waals surface area contributed by atoms with E-state index in [1.165, 1.54) is 0 Å². The molecule has 0 saturated carbocycles. The van der Waals surface area contributed by atoms with Gasteiger partial charge in [0.1, 0.15) is 16.8 Å². The summed E-state index contributed by atoms with van der Waals surface area (Å²) < 4.78 is 4.97. The van der Waals surface area contributed by atoms with Crippen molar-refractivity contribution in [3.8, 4) is 0 Å². The van der Waals surface area contributed by atoms with Crippen LogP contribution in [-0.4, -0.2) is 15.1 Å². The number of aromatic nitrogens is 3. The summed E-state index contributed by atoms with van der Waals surface area (Å²) in [6.07, 6.45) is 1.60. The van der Waals surface area contributed by atoms with Gasteiger partial charge in [0.05, 0.1) is 12.7 Å². The Morgan fingerprint density at radius 3 is 2.88 bits per heavy atom. The molecule has 1 N–H and O–H groups in total. The van der Waals surface area contributed by atoms with Gasteiger partial charge in [0.2, 0.25) is 0 Å². The van der Waals surface area contributed by atoms with Crippen molar-refractivity contribution in [1.29, 1.82) is 0 Å². The third-order valence-electron chi connectivity index (χ3n) is 2.16. The SMILES string of the molecule is CC(C)c1nc(Cl)cc(NCc2ccno2)n1. The molecule has 0 amide bonds. The van der Waals surface area contributed by atoms with Crippen LogP contribution < -0.4 is 5.32 Å². The van der Waals surface area contributed by atoms with E-state index in [4.69, 9.17) is 16.1 Å². The van der Waals surface area contributed by atoms with Crippen molar-refractivity contribution in [2.45, 2.75) is 26.3 Å². The number of rotatable bonds is 4. The van der Waals surface area contributed by atoms with E-state index in [1.54, 1.807) is 18.3 Å². The highest BCUT2D eigenvalue weighted by Gasteiger charge is 2.07. The topological polar surface area (TPSA) is 63.8 Å². The molecule has 2 heterocycles. The maximum Gasteiger partial charge on any atom is 0.155 e. The Kier molecular flexibility index (Phi) is 3.58. The minimum Gasteiger partial charge on any atom is -0.363 e. The van der Waals surface area contributed by atoms with Crippen molar-refractivity contribution in [3.05, 3.63) is 35.1 Å². The number of hydrogen-bond acceptors (Lipinski definition) is 5. The maximum atomic E-state index is 5.93. The quantitative estimate of drug-likeness (QED) is 0.848. The molecule has 0 radical (unpaired) electrons. The Balaban J connectivity index is 2.10. The molecule has 2 aromatic rings. The van der Waals surface area contributed by atoms with Crippen molar-refractivity contribution in [1.82, 2.24) is 15.1 Å². The summed E-state index contributed by atoms with van der Waals surface area (Å²) in [7, 11) is 0. The summed E-state index contributed by atoms with van der Waals surface area (Å²) in [6, 6.07) is 3.48. The molecular formula is C11H13ClN4O. The lowest BCUT2D eigenvalue weighted by Crippen LogP contribution is -2.05. The van der Waals surface area contributed by atoms with E-state index >= 15 is 0 Å². The van der Waals surface area contributed by atoms with Gasteiger partial charge in [-0.1, -0.05) is 30.6 Å². The Labute approximate surface area is 104 Å². The van der Waals surface area contributed by atoms with Crippen LogP contribution in [0.5, 0.6) is 0 Å². The predicted molar refractivity (Wildman–Crippen MR) is 65.0 cm³/mol. The summed E-state index contributed by atoms with van der Waals surface area (Å²) in [5, 5.41) is 7.17. The van der Waals surface area contributed by atoms with Gasteiger partial charge < -0.3 is 9.84 Å². The summed E-state index contributed by atoms with van der Waals surface area (Å²) in [5.41, 5.74) is 0. The van der Waals surface area contributed by atoms with Crippen LogP contribution in [0.15, 0.2) is 22.9 Å². The van der Waals surface area contributed by atoms with Crippen molar-refractivity contribution < 1.29 is 4.52 Å². The molecule has 0 bridgehead atoms. The first-order valence-electron chi connectivity index (χ1n) is 5.33. The van der Waals surface area contributed by atoms with E-state index in [9.17, 15) is 0 Å². The number of hydrogen-bond donors (Lipinski definition) is 1. The third-order valence-corrected chi connectivity index (χ3v) is 2.36. The molecule has 0 atom stereocenters. The van der Waals surface area contributed by atoms with E-state index < -0.39 is 0 Å². The molecule has 90 valence electrons. The number of anilines is 1. The molecule has 2 aromatic heterocycles. The summed E-state index contributed by atoms with van der Waals surface area (Å²) >= 11 is 5.93. The lowest BCUT2D eigenvalue weighted by atomic mass is 10.2. The van der Waals surface area contributed by atoms with Gasteiger partial charge >= 0.3 is 0 Å². The van der Waals surface area contributed by atoms with E-state index in [2.05, 4.69) is 20.4 Å². The molecule has 0 aromatic carbocycles. The second kappa shape index (κ2) is 5.14. The predicted octanol–water partition coefficient (Wildman–Crippen LogP) is 2.85. The number of halogens is 1. The fraction of sp³-hybridized carbons (Fsp3) is 0.364. The highest BCUT2D eigenvalue weighted by Crippen LogP contribution is 2.17. The molecule has 0 unspecified atom stereocenters. The van der Waals surface area contributed by atoms with E-state index in [1.807, 2.05) is 13.8 Å². The average Bonchev–Trinajstić information content (AvgIpc) is 2.78. The Hall–Kier alpha value is -1.62. The largest absolute Gasteiger partial charge is 0.363 e. The third kappa shape index (κ3) is 3.17. The van der Waals surface area contributed by atoms with Crippen LogP contribution in [0.25, 0.3) is 0 Å². The Morgan fingerprint density at radius 1 is 1.41 bits per heavy atom. The van der Waals surface area contributed by atoms with Crippen LogP contribution in [0.4, 0.5) is 5.82 Å². The normalized spacial score (nSPS) is 10.8. The first-order valence-corrected chi connectivity index (χ1v) is 5.71. The molecule has 17 heavy (non-hydrogen) atoms. The molecule has 0 aliphatic rings. The lowest BCUT2D eigenvalue weighted by Gasteiger charge is -2.08. The van der Waals surface area contributed by atoms with E-state index in [0.29, 0.717) is 17.5 Å². The first kappa shape index (κ1) is 11.9. The lowest BCUT2D eigenvalue weighted by molar-refractivity contribution is 0.388. The first-order chi connectivity index (χ1) is 8.15. The second-order valence-electron chi connectivity index (χ2n) is 3.92. The molecule has 2 rings (SSSR count). The van der Waals surface area contributed by atoms with E-state index in [0.717, 1.165) is 11.6 Å². The van der Waals surface area contributed by atoms with Crippen LogP contribution in [-0.2, 0) is 6.54 Å². The molecule has 0 aliphatic heterocycles. The minimum atomic E-state index is 0.236. The van der Waals surface area contributed by atoms with Crippen molar-refractivity contribution in [2.24, 2.45) is 0 Å². The van der Waals surface area contributed by atoms with Gasteiger partial charge in [-0.15, -0.1) is 0 Å². The Bertz CT molecular complexity index is 484. The van der Waals surface area contributed by atoms with Crippen LogP contribution in [0.1, 0.15) is 31.4 Å². The summed E-state index contributed by atoms with van der Waals surface area (Å²) in [6.45, 7) is 4.56. The summed E-state index contributed by atoms with van der Waals surface area (Å²) in [5.74, 6) is 2.38. The molecular weight excluding hydrogens is 240 g/mol. The molecule has 0 spiro atoms. The Morgan fingerprint density at radius 2 is 2.24 bits per heavy atom. The zero-order valence-corrected chi connectivity index (χ0v) is 10.4. The molecule has 0 aliphatic carbocycles. The monoisotopic (exact) mass is 252 g/mol. The van der Waals surface area contributed by atoms with Crippen LogP contribution in [0.3, 0.4) is 0 Å². The van der Waals surface area contributed by atoms with Gasteiger partial charge in [0.25, 0.3) is 0 Å². The zero-order valence-electron chi connectivity index (χ0n) is 9.64. The standard InChI is InChI=1S/C11H13ClN4O/c1-7(2)11-15-9(12)5-10(16-11)13-6-8-3-4-14-17-8/h3-5,7H,6H2,1-2H3,(H,13,15,16). The summed E-state index contributed by atoms with van der Waals surface area (Å²) in [4.78, 5) is 8.52. The smallest absolute Gasteiger partial charge is 0.155 e. The van der Waals surface area contributed by atoms with Crippen molar-refractivity contribution in [3.63, 3.8) is 0 Å². The highest BCUT2D eigenvalue weighted by molar-refractivity contribution is 6.29. The number of nitrogens with zero attached hydrogens (tertiary/aromatic N) is 3. The molecule has 5 nitrogen and oxygen atoms in total. The molecule has 6 heteroatoms. The van der Waals surface area contributed by atoms with Crippen molar-refractivity contribution in [2.75, 3.05) is 5.32 Å². The number of nitrogens with one attached hydrogen (secondary N) is 1. The van der Waals surface area contributed by atoms with E-state index in [-0.39, 0.29) is 5.92 Å². The van der Waals surface area contributed by atoms with Crippen LogP contribution in [0, 0.1) is 0 Å². The van der Waals surface area contributed by atoms with Crippen LogP contribution in [0.2, 0.25) is 5.15 Å². The molecule has 0 saturated heterocycles. The highest BCUT2D eigenvalue weighted by atomic mass is 35.5. The van der Waals surface area contributed by atoms with Gasteiger partial charge in [-0.25, -0.2) is 9.97 Å². The maximum absolute atomic E-state index is 5.93. The van der Waals surface area contributed by atoms with Gasteiger partial charge in [-0.2, -0.15) is 0 Å². The van der Waals surface area contributed by atoms with Gasteiger partial charge in [0, 0.05) is 18.1 Å². The fourth-order valence-corrected chi connectivity index (χ4v) is 1.48. The molecule has 0 fully saturated rings. The fourth-order valence-electron chi connectivity index (χ4n) is 1.29. The van der Waals surface area contributed by atoms with Gasteiger partial charge in [-0.3, -0.25) is 0 Å². The second-order valence-corrected chi connectivity index (χ2v) is 4.31.